The molecule has 0 bridgehead atoms. The summed E-state index contributed by atoms with van der Waals surface area (Å²) in [5.41, 5.74) is 0. The molecule has 0 saturated heterocycles. The SMILES string of the molecule is COCCNC(=NCc1nnc(C)n1C)NCC(C)c1cccs1. The third kappa shape index (κ3) is 5.31. The number of rotatable bonds is 8. The molecule has 0 amide bonds. The summed E-state index contributed by atoms with van der Waals surface area (Å²) >= 11 is 1.78. The van der Waals surface area contributed by atoms with Crippen LogP contribution in [0.4, 0.5) is 0 Å². The van der Waals surface area contributed by atoms with Crippen molar-refractivity contribution in [3.63, 3.8) is 0 Å². The molecule has 0 aliphatic carbocycles. The largest absolute Gasteiger partial charge is 0.383 e. The monoisotopic (exact) mass is 350 g/mol. The Kier molecular flexibility index (Phi) is 7.20. The van der Waals surface area contributed by atoms with Crippen LogP contribution in [0.15, 0.2) is 22.5 Å². The number of methoxy groups -OCH3 is 1. The van der Waals surface area contributed by atoms with Gasteiger partial charge in [-0.2, -0.15) is 0 Å². The van der Waals surface area contributed by atoms with Crippen LogP contribution in [0.1, 0.15) is 29.4 Å². The minimum Gasteiger partial charge on any atom is -0.383 e. The van der Waals surface area contributed by atoms with Gasteiger partial charge in [0.15, 0.2) is 11.8 Å². The highest BCUT2D eigenvalue weighted by molar-refractivity contribution is 7.10. The van der Waals surface area contributed by atoms with Crippen molar-refractivity contribution in [3.05, 3.63) is 34.0 Å². The lowest BCUT2D eigenvalue weighted by Crippen LogP contribution is -2.40. The molecule has 2 heterocycles. The molecule has 1 unspecified atom stereocenters. The maximum Gasteiger partial charge on any atom is 0.191 e. The number of guanidine groups is 1. The molecular formula is C16H26N6OS. The Balaban J connectivity index is 1.95. The highest BCUT2D eigenvalue weighted by Gasteiger charge is 2.09. The molecule has 0 aliphatic heterocycles. The summed E-state index contributed by atoms with van der Waals surface area (Å²) in [4.78, 5) is 5.98. The van der Waals surface area contributed by atoms with Gasteiger partial charge < -0.3 is 19.9 Å². The molecule has 0 aliphatic rings. The van der Waals surface area contributed by atoms with E-state index < -0.39 is 0 Å². The van der Waals surface area contributed by atoms with E-state index in [0.29, 0.717) is 25.6 Å². The molecule has 8 heteroatoms. The van der Waals surface area contributed by atoms with Crippen molar-refractivity contribution < 1.29 is 4.74 Å². The van der Waals surface area contributed by atoms with Crippen LogP contribution in [0.5, 0.6) is 0 Å². The molecule has 0 fully saturated rings. The molecule has 2 aromatic rings. The van der Waals surface area contributed by atoms with Crippen LogP contribution < -0.4 is 10.6 Å². The summed E-state index contributed by atoms with van der Waals surface area (Å²) in [5, 5.41) is 17.0. The fraction of sp³-hybridized carbons (Fsp3) is 0.562. The lowest BCUT2D eigenvalue weighted by Gasteiger charge is -2.15. The van der Waals surface area contributed by atoms with Crippen molar-refractivity contribution >= 4 is 17.3 Å². The smallest absolute Gasteiger partial charge is 0.191 e. The van der Waals surface area contributed by atoms with Crippen LogP contribution in [-0.2, 0) is 18.3 Å². The second-order valence-corrected chi connectivity index (χ2v) is 6.58. The van der Waals surface area contributed by atoms with Crippen LogP contribution >= 0.6 is 11.3 Å². The minimum absolute atomic E-state index is 0.427. The number of aryl methyl sites for hydroxylation is 1. The average molecular weight is 350 g/mol. The van der Waals surface area contributed by atoms with Crippen LogP contribution in [0.25, 0.3) is 0 Å². The Labute approximate surface area is 147 Å². The van der Waals surface area contributed by atoms with Crippen LogP contribution in [0.2, 0.25) is 0 Å². The Morgan fingerprint density at radius 1 is 1.42 bits per heavy atom. The summed E-state index contributed by atoms with van der Waals surface area (Å²) in [6, 6.07) is 4.24. The maximum absolute atomic E-state index is 5.09. The zero-order valence-electron chi connectivity index (χ0n) is 14.7. The number of aliphatic imine (C=N–C) groups is 1. The van der Waals surface area contributed by atoms with E-state index >= 15 is 0 Å². The van der Waals surface area contributed by atoms with Crippen molar-refractivity contribution in [2.45, 2.75) is 26.3 Å². The number of ether oxygens (including phenoxy) is 1. The summed E-state index contributed by atoms with van der Waals surface area (Å²) in [7, 11) is 3.64. The van der Waals surface area contributed by atoms with Gasteiger partial charge in [0, 0.05) is 38.0 Å². The van der Waals surface area contributed by atoms with Gasteiger partial charge in [0.2, 0.25) is 0 Å². The first-order valence-corrected chi connectivity index (χ1v) is 8.89. The Morgan fingerprint density at radius 3 is 2.88 bits per heavy atom. The van der Waals surface area contributed by atoms with Gasteiger partial charge in [-0.25, -0.2) is 4.99 Å². The first kappa shape index (κ1) is 18.4. The average Bonchev–Trinajstić information content (AvgIpc) is 3.22. The number of hydrogen-bond donors (Lipinski definition) is 2. The quantitative estimate of drug-likeness (QED) is 0.430. The summed E-state index contributed by atoms with van der Waals surface area (Å²) in [5.74, 6) is 2.91. The standard InChI is InChI=1S/C16H26N6OS/c1-12(14-6-5-9-24-14)10-18-16(17-7-8-23-4)19-11-15-21-20-13(2)22(15)3/h5-6,9,12H,7-8,10-11H2,1-4H3,(H2,17,18,19). The predicted molar refractivity (Wildman–Crippen MR) is 97.5 cm³/mol. The molecule has 24 heavy (non-hydrogen) atoms. The summed E-state index contributed by atoms with van der Waals surface area (Å²) < 4.78 is 7.04. The number of nitrogens with zero attached hydrogens (tertiary/aromatic N) is 4. The van der Waals surface area contributed by atoms with Gasteiger partial charge in [0.1, 0.15) is 12.4 Å². The van der Waals surface area contributed by atoms with Gasteiger partial charge in [0.05, 0.1) is 6.61 Å². The summed E-state index contributed by atoms with van der Waals surface area (Å²) in [6.07, 6.45) is 0. The first-order valence-electron chi connectivity index (χ1n) is 8.01. The van der Waals surface area contributed by atoms with Gasteiger partial charge in [-0.3, -0.25) is 0 Å². The van der Waals surface area contributed by atoms with Crippen molar-refractivity contribution in [3.8, 4) is 0 Å². The molecule has 2 aromatic heterocycles. The topological polar surface area (TPSA) is 76.4 Å². The molecule has 0 aromatic carbocycles. The van der Waals surface area contributed by atoms with E-state index in [1.54, 1.807) is 18.4 Å². The van der Waals surface area contributed by atoms with E-state index in [1.807, 2.05) is 18.5 Å². The molecule has 0 spiro atoms. The predicted octanol–water partition coefficient (Wildman–Crippen LogP) is 1.67. The van der Waals surface area contributed by atoms with Gasteiger partial charge >= 0.3 is 0 Å². The third-order valence-corrected chi connectivity index (χ3v) is 4.87. The second-order valence-electron chi connectivity index (χ2n) is 5.60. The highest BCUT2D eigenvalue weighted by atomic mass is 32.1. The van der Waals surface area contributed by atoms with Crippen LogP contribution in [0, 0.1) is 6.92 Å². The molecule has 2 rings (SSSR count). The molecule has 0 radical (unpaired) electrons. The highest BCUT2D eigenvalue weighted by Crippen LogP contribution is 2.19. The molecule has 132 valence electrons. The van der Waals surface area contributed by atoms with Crippen molar-refractivity contribution in [1.82, 2.24) is 25.4 Å². The maximum atomic E-state index is 5.09. The molecule has 2 N–H and O–H groups in total. The number of aromatic nitrogens is 3. The Morgan fingerprint density at radius 2 is 2.25 bits per heavy atom. The molecule has 0 saturated carbocycles. The van der Waals surface area contributed by atoms with Crippen molar-refractivity contribution in [1.29, 1.82) is 0 Å². The van der Waals surface area contributed by atoms with E-state index in [9.17, 15) is 0 Å². The Bertz CT molecular complexity index is 637. The van der Waals surface area contributed by atoms with E-state index in [0.717, 1.165) is 24.2 Å². The van der Waals surface area contributed by atoms with Gasteiger partial charge in [-0.1, -0.05) is 13.0 Å². The fourth-order valence-corrected chi connectivity index (χ4v) is 2.89. The van der Waals surface area contributed by atoms with Crippen LogP contribution in [0.3, 0.4) is 0 Å². The van der Waals surface area contributed by atoms with Gasteiger partial charge in [0.25, 0.3) is 0 Å². The normalized spacial score (nSPS) is 13.1. The molecule has 1 atom stereocenters. The van der Waals surface area contributed by atoms with E-state index in [2.05, 4.69) is 50.3 Å². The van der Waals surface area contributed by atoms with E-state index in [1.165, 1.54) is 4.88 Å². The number of hydrogen-bond acceptors (Lipinski definition) is 5. The zero-order valence-corrected chi connectivity index (χ0v) is 15.6. The van der Waals surface area contributed by atoms with Crippen molar-refractivity contribution in [2.75, 3.05) is 26.8 Å². The Hall–Kier alpha value is -1.93. The van der Waals surface area contributed by atoms with Gasteiger partial charge in [-0.15, -0.1) is 21.5 Å². The molecular weight excluding hydrogens is 324 g/mol. The minimum atomic E-state index is 0.427. The van der Waals surface area contributed by atoms with Gasteiger partial charge in [-0.05, 0) is 18.4 Å². The fourth-order valence-electron chi connectivity index (χ4n) is 2.11. The first-order chi connectivity index (χ1) is 11.6. The van der Waals surface area contributed by atoms with E-state index in [4.69, 9.17) is 4.74 Å². The lowest BCUT2D eigenvalue weighted by molar-refractivity contribution is 0.203. The van der Waals surface area contributed by atoms with E-state index in [-0.39, 0.29) is 0 Å². The lowest BCUT2D eigenvalue weighted by atomic mass is 10.1. The third-order valence-electron chi connectivity index (χ3n) is 3.76. The second kappa shape index (κ2) is 9.39. The van der Waals surface area contributed by atoms with Crippen molar-refractivity contribution in [2.24, 2.45) is 12.0 Å². The number of nitrogens with one attached hydrogen (secondary N) is 2. The zero-order chi connectivity index (χ0) is 17.4. The number of thiophene rings is 1. The summed E-state index contributed by atoms with van der Waals surface area (Å²) in [6.45, 7) is 6.76. The van der Waals surface area contributed by atoms with Crippen LogP contribution in [-0.4, -0.2) is 47.5 Å². The molecule has 7 nitrogen and oxygen atoms in total.